The monoisotopic (exact) mass is 155 g/mol. The highest BCUT2D eigenvalue weighted by Gasteiger charge is 2.23. The molecule has 0 heterocycles. The van der Waals surface area contributed by atoms with Crippen molar-refractivity contribution in [3.8, 4) is 12.3 Å². The highest BCUT2D eigenvalue weighted by atomic mass is 14.7. The first-order chi connectivity index (χ1) is 5.24. The van der Waals surface area contributed by atoms with Crippen LogP contribution >= 0.6 is 0 Å². The molecule has 0 saturated carbocycles. The van der Waals surface area contributed by atoms with Crippen molar-refractivity contribution in [1.29, 1.82) is 0 Å². The number of hydrogen-bond donors (Lipinski definition) is 3. The first-order valence-electron chi connectivity index (χ1n) is 3.78. The molecule has 0 atom stereocenters. The molecule has 0 spiro atoms. The van der Waals surface area contributed by atoms with Crippen LogP contribution in [0.15, 0.2) is 0 Å². The second-order valence-electron chi connectivity index (χ2n) is 2.82. The summed E-state index contributed by atoms with van der Waals surface area (Å²) in [6.45, 7) is 1.55. The lowest BCUT2D eigenvalue weighted by Gasteiger charge is -2.28. The van der Waals surface area contributed by atoms with E-state index in [4.69, 9.17) is 23.6 Å². The Morgan fingerprint density at radius 3 is 1.82 bits per heavy atom. The Kier molecular flexibility index (Phi) is 4.88. The Hall–Kier alpha value is -0.560. The zero-order chi connectivity index (χ0) is 8.74. The van der Waals surface area contributed by atoms with E-state index in [0.717, 1.165) is 6.42 Å². The van der Waals surface area contributed by atoms with Gasteiger partial charge in [-0.3, -0.25) is 0 Å². The smallest absolute Gasteiger partial charge is 0.00927 e. The van der Waals surface area contributed by atoms with E-state index in [2.05, 4.69) is 5.92 Å². The van der Waals surface area contributed by atoms with Gasteiger partial charge in [-0.05, 0) is 6.42 Å². The first-order valence-corrected chi connectivity index (χ1v) is 3.78. The standard InChI is InChI=1S/C8H17N3/c1-2-3-4-8(5-9,6-10)7-11/h1H,3-7,9-11H2. The van der Waals surface area contributed by atoms with E-state index in [1.165, 1.54) is 0 Å². The summed E-state index contributed by atoms with van der Waals surface area (Å²) in [5.74, 6) is 2.56. The van der Waals surface area contributed by atoms with Crippen molar-refractivity contribution >= 4 is 0 Å². The summed E-state index contributed by atoms with van der Waals surface area (Å²) in [5.41, 5.74) is 16.5. The number of hydrogen-bond acceptors (Lipinski definition) is 3. The maximum Gasteiger partial charge on any atom is 0.00927 e. The van der Waals surface area contributed by atoms with Crippen molar-refractivity contribution in [3.05, 3.63) is 0 Å². The van der Waals surface area contributed by atoms with E-state index in [0.29, 0.717) is 26.1 Å². The zero-order valence-corrected chi connectivity index (χ0v) is 6.84. The molecule has 0 rings (SSSR count). The summed E-state index contributed by atoms with van der Waals surface area (Å²) in [6.07, 6.45) is 6.65. The highest BCUT2D eigenvalue weighted by molar-refractivity contribution is 4.90. The van der Waals surface area contributed by atoms with Crippen LogP contribution in [0.25, 0.3) is 0 Å². The Labute approximate surface area is 68.3 Å². The molecule has 0 unspecified atom stereocenters. The van der Waals surface area contributed by atoms with Crippen LogP contribution in [0.1, 0.15) is 12.8 Å². The summed E-state index contributed by atoms with van der Waals surface area (Å²) < 4.78 is 0. The fraction of sp³-hybridized carbons (Fsp3) is 0.750. The van der Waals surface area contributed by atoms with Gasteiger partial charge in [0.05, 0.1) is 0 Å². The van der Waals surface area contributed by atoms with Crippen LogP contribution in [0.2, 0.25) is 0 Å². The molecule has 0 aliphatic heterocycles. The maximum absolute atomic E-state index is 5.54. The number of terminal acetylenes is 1. The van der Waals surface area contributed by atoms with Crippen LogP contribution in [0.4, 0.5) is 0 Å². The molecule has 0 amide bonds. The molecule has 0 bridgehead atoms. The molecular weight excluding hydrogens is 138 g/mol. The minimum atomic E-state index is -0.133. The second kappa shape index (κ2) is 5.14. The van der Waals surface area contributed by atoms with Gasteiger partial charge in [-0.25, -0.2) is 0 Å². The minimum Gasteiger partial charge on any atom is -0.330 e. The van der Waals surface area contributed by atoms with Crippen LogP contribution < -0.4 is 17.2 Å². The molecular formula is C8H17N3. The van der Waals surface area contributed by atoms with Gasteiger partial charge in [0.25, 0.3) is 0 Å². The topological polar surface area (TPSA) is 78.1 Å². The lowest BCUT2D eigenvalue weighted by molar-refractivity contribution is 0.299. The lowest BCUT2D eigenvalue weighted by Crippen LogP contribution is -2.44. The normalized spacial score (nSPS) is 11.1. The van der Waals surface area contributed by atoms with Gasteiger partial charge >= 0.3 is 0 Å². The van der Waals surface area contributed by atoms with Gasteiger partial charge in [-0.2, -0.15) is 0 Å². The second-order valence-corrected chi connectivity index (χ2v) is 2.82. The zero-order valence-electron chi connectivity index (χ0n) is 6.84. The van der Waals surface area contributed by atoms with Crippen molar-refractivity contribution in [2.45, 2.75) is 12.8 Å². The lowest BCUT2D eigenvalue weighted by atomic mass is 9.83. The fourth-order valence-electron chi connectivity index (χ4n) is 0.894. The molecule has 6 N–H and O–H groups in total. The van der Waals surface area contributed by atoms with Crippen molar-refractivity contribution in [2.75, 3.05) is 19.6 Å². The largest absolute Gasteiger partial charge is 0.330 e. The summed E-state index contributed by atoms with van der Waals surface area (Å²) in [6, 6.07) is 0. The van der Waals surface area contributed by atoms with E-state index < -0.39 is 0 Å². The summed E-state index contributed by atoms with van der Waals surface area (Å²) in [4.78, 5) is 0. The van der Waals surface area contributed by atoms with E-state index >= 15 is 0 Å². The quantitative estimate of drug-likeness (QED) is 0.458. The Balaban J connectivity index is 3.96. The summed E-state index contributed by atoms with van der Waals surface area (Å²) in [7, 11) is 0. The molecule has 0 aromatic rings. The molecule has 0 aromatic heterocycles. The number of nitrogens with two attached hydrogens (primary N) is 3. The molecule has 0 aliphatic rings. The van der Waals surface area contributed by atoms with Gasteiger partial charge in [0, 0.05) is 31.5 Å². The van der Waals surface area contributed by atoms with Gasteiger partial charge in [0.2, 0.25) is 0 Å². The molecule has 0 saturated heterocycles. The molecule has 11 heavy (non-hydrogen) atoms. The third-order valence-corrected chi connectivity index (χ3v) is 2.10. The minimum absolute atomic E-state index is 0.133. The molecule has 64 valence electrons. The van der Waals surface area contributed by atoms with Crippen LogP contribution in [0, 0.1) is 17.8 Å². The van der Waals surface area contributed by atoms with E-state index in [1.54, 1.807) is 0 Å². The highest BCUT2D eigenvalue weighted by Crippen LogP contribution is 2.18. The predicted molar refractivity (Wildman–Crippen MR) is 47.7 cm³/mol. The van der Waals surface area contributed by atoms with Crippen molar-refractivity contribution in [2.24, 2.45) is 22.6 Å². The molecule has 0 aliphatic carbocycles. The van der Waals surface area contributed by atoms with Gasteiger partial charge in [-0.15, -0.1) is 12.3 Å². The van der Waals surface area contributed by atoms with Crippen molar-refractivity contribution in [3.63, 3.8) is 0 Å². The number of rotatable bonds is 5. The summed E-state index contributed by atoms with van der Waals surface area (Å²) in [5, 5.41) is 0. The third kappa shape index (κ3) is 2.89. The third-order valence-electron chi connectivity index (χ3n) is 2.10. The summed E-state index contributed by atoms with van der Waals surface area (Å²) >= 11 is 0. The average molecular weight is 155 g/mol. The Morgan fingerprint density at radius 2 is 1.55 bits per heavy atom. The van der Waals surface area contributed by atoms with Gasteiger partial charge in [-0.1, -0.05) is 0 Å². The van der Waals surface area contributed by atoms with E-state index in [9.17, 15) is 0 Å². The van der Waals surface area contributed by atoms with Gasteiger partial charge in [0.1, 0.15) is 0 Å². The molecule has 3 heteroatoms. The van der Waals surface area contributed by atoms with Crippen LogP contribution in [-0.4, -0.2) is 19.6 Å². The van der Waals surface area contributed by atoms with E-state index in [-0.39, 0.29) is 5.41 Å². The van der Waals surface area contributed by atoms with Crippen molar-refractivity contribution < 1.29 is 0 Å². The molecule has 3 nitrogen and oxygen atoms in total. The SMILES string of the molecule is C#CCCC(CN)(CN)CN. The molecule has 0 radical (unpaired) electrons. The van der Waals surface area contributed by atoms with Crippen molar-refractivity contribution in [1.82, 2.24) is 0 Å². The van der Waals surface area contributed by atoms with Gasteiger partial charge in [0.15, 0.2) is 0 Å². The van der Waals surface area contributed by atoms with Gasteiger partial charge < -0.3 is 17.2 Å². The maximum atomic E-state index is 5.54. The molecule has 0 fully saturated rings. The molecule has 0 aromatic carbocycles. The van der Waals surface area contributed by atoms with Crippen LogP contribution in [0.3, 0.4) is 0 Å². The Morgan fingerprint density at radius 1 is 1.09 bits per heavy atom. The van der Waals surface area contributed by atoms with E-state index in [1.807, 2.05) is 0 Å². The average Bonchev–Trinajstić information content (AvgIpc) is 2.08. The fourth-order valence-corrected chi connectivity index (χ4v) is 0.894. The Bertz CT molecular complexity index is 124. The van der Waals surface area contributed by atoms with Crippen LogP contribution in [0.5, 0.6) is 0 Å². The first kappa shape index (κ1) is 10.4. The predicted octanol–water partition coefficient (Wildman–Crippen LogP) is -0.738. The van der Waals surface area contributed by atoms with Crippen LogP contribution in [-0.2, 0) is 0 Å².